The number of carboxylic acids is 2. The molecule has 0 radical (unpaired) electrons. The molecular weight excluding hydrogens is 715 g/mol. The van der Waals surface area contributed by atoms with Crippen LogP contribution in [0.15, 0.2) is 127 Å². The molecule has 2 saturated heterocycles. The lowest BCUT2D eigenvalue weighted by Gasteiger charge is -2.27. The third-order valence-corrected chi connectivity index (χ3v) is 14.1. The molecule has 0 aliphatic carbocycles. The summed E-state index contributed by atoms with van der Waals surface area (Å²) < 4.78 is 10.9. The number of fused-ring (bicyclic) bond motifs is 2. The first-order valence-corrected chi connectivity index (χ1v) is 21.0. The second-order valence-corrected chi connectivity index (χ2v) is 17.1. The van der Waals surface area contributed by atoms with E-state index >= 15 is 0 Å². The Morgan fingerprint density at radius 3 is 1.89 bits per heavy atom. The van der Waals surface area contributed by atoms with E-state index in [1.807, 2.05) is 37.3 Å². The first-order valence-electron chi connectivity index (χ1n) is 19.0. The summed E-state index contributed by atoms with van der Waals surface area (Å²) in [6.45, 7) is 2.78. The topological polar surface area (TPSA) is 151 Å². The van der Waals surface area contributed by atoms with Crippen LogP contribution >= 0.6 is 7.26 Å². The molecule has 2 amide bonds. The van der Waals surface area contributed by atoms with Gasteiger partial charge < -0.3 is 30.3 Å². The Morgan fingerprint density at radius 1 is 0.764 bits per heavy atom. The molecule has 292 valence electrons. The lowest BCUT2D eigenvalue weighted by atomic mass is 9.77. The fourth-order valence-electron chi connectivity index (χ4n) is 7.14. The zero-order chi connectivity index (χ0) is 39.3. The number of carbonyl (C=O) groups excluding carboxylic acids is 2. The van der Waals surface area contributed by atoms with Gasteiger partial charge in [0.15, 0.2) is 6.61 Å². The van der Waals surface area contributed by atoms with Crippen molar-refractivity contribution < 1.29 is 38.9 Å². The summed E-state index contributed by atoms with van der Waals surface area (Å²) in [5.74, 6) is -1.50. The van der Waals surface area contributed by atoms with Gasteiger partial charge in [0.25, 0.3) is 5.91 Å². The number of hydrogen-bond acceptors (Lipinski definition) is 6. The second-order valence-electron chi connectivity index (χ2n) is 13.5. The maximum atomic E-state index is 12.0. The number of ether oxygens (including phenoxy) is 2. The molecule has 2 heterocycles. The molecule has 4 N–H and O–H groups in total. The summed E-state index contributed by atoms with van der Waals surface area (Å²) in [5.41, 5.74) is 0. The quantitative estimate of drug-likeness (QED) is 0.0473. The van der Waals surface area contributed by atoms with Gasteiger partial charge in [0.05, 0.1) is 24.8 Å². The molecule has 3 aromatic carbocycles. The molecule has 4 atom stereocenters. The number of benzene rings is 3. The highest BCUT2D eigenvalue weighted by molar-refractivity contribution is 7.95. The number of carboxylic acid groups (broad SMARTS) is 2. The number of unbranched alkanes of at least 4 members (excludes halogenated alkanes) is 1. The SMILES string of the molecule is CCCCNC(=O)OCC(=O)NC[C@H]1[C@@H](C/C=C\C/C=C/C(=O)O)[C@H]2CC[C@@H]1O2.O=C(O)CC=CC[P+](c1ccccc1)(c1ccccc1)c1ccccc1. The van der Waals surface area contributed by atoms with E-state index < -0.39 is 25.3 Å². The van der Waals surface area contributed by atoms with Crippen LogP contribution in [0.1, 0.15) is 51.9 Å². The smallest absolute Gasteiger partial charge is 0.407 e. The molecule has 2 aliphatic rings. The van der Waals surface area contributed by atoms with Crippen LogP contribution in [0.3, 0.4) is 0 Å². The van der Waals surface area contributed by atoms with Crippen molar-refractivity contribution in [2.45, 2.75) is 64.1 Å². The van der Waals surface area contributed by atoms with Crippen LogP contribution in [-0.2, 0) is 23.9 Å². The zero-order valence-electron chi connectivity index (χ0n) is 31.5. The Bertz CT molecular complexity index is 1640. The first kappa shape index (κ1) is 42.7. The first-order chi connectivity index (χ1) is 26.7. The van der Waals surface area contributed by atoms with Crippen LogP contribution in [0.5, 0.6) is 0 Å². The molecular formula is C44H54N2O8P+. The van der Waals surface area contributed by atoms with Crippen molar-refractivity contribution >= 4 is 47.1 Å². The number of hydrogen-bond donors (Lipinski definition) is 4. The molecule has 0 unspecified atom stereocenters. The standard InChI is InChI=1S/C23H21O2P.C21H32N2O6/c24-23(25)18-10-11-19-26(20-12-4-1-5-13-20,21-14-6-2-7-15-21)22-16-8-3-9-17-22;1-2-3-12-22-21(27)28-14-19(24)23-13-16-15(17-10-11-18(16)29-17)8-6-4-5-7-9-20(25)26/h1-17H,18-19H2;4,6-7,9,15-18H,2-3,5,8,10-14H2,1H3,(H,22,27)(H,23,24)(H,25,26)/p+1/b;6-4-,9-7+/t;15-,16+,17-,18+/m.1/s1. The van der Waals surface area contributed by atoms with E-state index in [9.17, 15) is 19.2 Å². The number of carbonyl (C=O) groups is 4. The van der Waals surface area contributed by atoms with Crippen LogP contribution in [0.2, 0.25) is 0 Å². The fraction of sp³-hybridized carbons (Fsp3) is 0.364. The van der Waals surface area contributed by atoms with E-state index in [1.165, 1.54) is 15.9 Å². The fourth-order valence-corrected chi connectivity index (χ4v) is 11.2. The van der Waals surface area contributed by atoms with Gasteiger partial charge in [-0.05, 0) is 80.5 Å². The average Bonchev–Trinajstić information content (AvgIpc) is 3.81. The van der Waals surface area contributed by atoms with Gasteiger partial charge >= 0.3 is 18.0 Å². The van der Waals surface area contributed by atoms with Gasteiger partial charge in [-0.3, -0.25) is 9.59 Å². The Balaban J connectivity index is 0.000000246. The van der Waals surface area contributed by atoms with Gasteiger partial charge in [-0.2, -0.15) is 0 Å². The monoisotopic (exact) mass is 769 g/mol. The van der Waals surface area contributed by atoms with Gasteiger partial charge in [-0.1, -0.05) is 92.2 Å². The number of amides is 2. The average molecular weight is 770 g/mol. The van der Waals surface area contributed by atoms with Crippen molar-refractivity contribution in [3.63, 3.8) is 0 Å². The summed E-state index contributed by atoms with van der Waals surface area (Å²) in [7, 11) is -1.89. The number of alkyl carbamates (subject to hydrolysis) is 1. The van der Waals surface area contributed by atoms with E-state index in [2.05, 4.69) is 89.5 Å². The molecule has 3 aromatic rings. The van der Waals surface area contributed by atoms with Crippen molar-refractivity contribution in [1.82, 2.24) is 10.6 Å². The highest BCUT2D eigenvalue weighted by Gasteiger charge is 2.48. The second kappa shape index (κ2) is 23.0. The van der Waals surface area contributed by atoms with Gasteiger partial charge in [-0.15, -0.1) is 0 Å². The van der Waals surface area contributed by atoms with E-state index in [4.69, 9.17) is 19.7 Å². The minimum Gasteiger partial charge on any atom is -0.481 e. The molecule has 0 aromatic heterocycles. The summed E-state index contributed by atoms with van der Waals surface area (Å²) >= 11 is 0. The van der Waals surface area contributed by atoms with E-state index in [1.54, 1.807) is 12.2 Å². The van der Waals surface area contributed by atoms with Crippen LogP contribution in [0.25, 0.3) is 0 Å². The molecule has 55 heavy (non-hydrogen) atoms. The largest absolute Gasteiger partial charge is 0.481 e. The van der Waals surface area contributed by atoms with Crippen LogP contribution in [-0.4, -0.2) is 72.2 Å². The Kier molecular flexibility index (Phi) is 17.9. The minimum absolute atomic E-state index is 0.0539. The molecule has 2 fully saturated rings. The zero-order valence-corrected chi connectivity index (χ0v) is 32.4. The molecule has 11 heteroatoms. The predicted octanol–water partition coefficient (Wildman–Crippen LogP) is 6.41. The maximum Gasteiger partial charge on any atom is 0.407 e. The van der Waals surface area contributed by atoms with E-state index in [0.717, 1.165) is 44.3 Å². The lowest BCUT2D eigenvalue weighted by Crippen LogP contribution is -2.40. The van der Waals surface area contributed by atoms with Crippen LogP contribution < -0.4 is 26.5 Å². The maximum absolute atomic E-state index is 12.0. The van der Waals surface area contributed by atoms with Crippen molar-refractivity contribution in [3.05, 3.63) is 127 Å². The Morgan fingerprint density at radius 2 is 1.35 bits per heavy atom. The van der Waals surface area contributed by atoms with Crippen molar-refractivity contribution in [2.24, 2.45) is 11.8 Å². The highest BCUT2D eigenvalue weighted by Crippen LogP contribution is 2.55. The molecule has 2 bridgehead atoms. The number of nitrogens with one attached hydrogen (secondary N) is 2. The van der Waals surface area contributed by atoms with Crippen molar-refractivity contribution in [1.29, 1.82) is 0 Å². The third kappa shape index (κ3) is 13.3. The van der Waals surface area contributed by atoms with Gasteiger partial charge in [0.1, 0.15) is 23.2 Å². The number of aliphatic carboxylic acids is 2. The Hall–Kier alpha value is -5.05. The van der Waals surface area contributed by atoms with Crippen molar-refractivity contribution in [3.8, 4) is 0 Å². The predicted molar refractivity (Wildman–Crippen MR) is 219 cm³/mol. The molecule has 2 aliphatic heterocycles. The third-order valence-electron chi connectivity index (χ3n) is 9.80. The molecule has 5 rings (SSSR count). The minimum atomic E-state index is -1.89. The van der Waals surface area contributed by atoms with E-state index in [0.29, 0.717) is 25.4 Å². The lowest BCUT2D eigenvalue weighted by molar-refractivity contribution is -0.136. The molecule has 10 nitrogen and oxygen atoms in total. The normalized spacial score (nSPS) is 18.9. The highest BCUT2D eigenvalue weighted by atomic mass is 31.2. The number of rotatable bonds is 19. The summed E-state index contributed by atoms with van der Waals surface area (Å²) in [4.78, 5) is 44.8. The Labute approximate surface area is 325 Å². The van der Waals surface area contributed by atoms with Crippen molar-refractivity contribution in [2.75, 3.05) is 25.9 Å². The van der Waals surface area contributed by atoms with Gasteiger partial charge in [-0.25, -0.2) is 9.59 Å². The van der Waals surface area contributed by atoms with Crippen LogP contribution in [0, 0.1) is 11.8 Å². The van der Waals surface area contributed by atoms with E-state index in [-0.39, 0.29) is 37.1 Å². The molecule has 0 spiro atoms. The van der Waals surface area contributed by atoms with Gasteiger partial charge in [0, 0.05) is 25.1 Å². The summed E-state index contributed by atoms with van der Waals surface area (Å²) in [5, 5.41) is 26.9. The molecule has 0 saturated carbocycles. The number of allylic oxidation sites excluding steroid dienone is 4. The summed E-state index contributed by atoms with van der Waals surface area (Å²) in [6.07, 6.45) is 16.5. The van der Waals surface area contributed by atoms with Crippen LogP contribution in [0.4, 0.5) is 4.79 Å². The summed E-state index contributed by atoms with van der Waals surface area (Å²) in [6, 6.07) is 31.7. The van der Waals surface area contributed by atoms with Gasteiger partial charge in [0.2, 0.25) is 0 Å².